The quantitative estimate of drug-likeness (QED) is 0.382. The Labute approximate surface area is 103 Å². The third kappa shape index (κ3) is 8290. The predicted molar refractivity (Wildman–Crippen MR) is 68.0 cm³/mol. The molecule has 0 saturated carbocycles. The van der Waals surface area contributed by atoms with Gasteiger partial charge in [0.2, 0.25) is 0 Å². The first-order valence-corrected chi connectivity index (χ1v) is 4.99. The zero-order valence-electron chi connectivity index (χ0n) is 10.6. The second-order valence-electron chi connectivity index (χ2n) is 0.408. The van der Waals surface area contributed by atoms with Gasteiger partial charge in [-0.05, 0) is 6.92 Å². The van der Waals surface area contributed by atoms with E-state index in [1.54, 1.807) is 6.08 Å². The minimum Gasteiger partial charge on any atom is -0.103 e. The molecule has 0 rings (SSSR count). The van der Waals surface area contributed by atoms with Crippen molar-refractivity contribution in [1.82, 2.24) is 0 Å². The van der Waals surface area contributed by atoms with Gasteiger partial charge < -0.3 is 0 Å². The summed E-state index contributed by atoms with van der Waals surface area (Å²) in [7, 11) is 0. The zero-order chi connectivity index (χ0) is 10.7. The Hall–Kier alpha value is 0.402. The Balaban J connectivity index is -0.00000000676. The molecule has 13 heavy (non-hydrogen) atoms. The molecular weight excluding hydrogens is 251 g/mol. The summed E-state index contributed by atoms with van der Waals surface area (Å²) in [5, 5.41) is 0. The van der Waals surface area contributed by atoms with Gasteiger partial charge in [-0.2, -0.15) is 0 Å². The molecule has 0 heterocycles. The molecule has 0 radical (unpaired) electrons. The van der Waals surface area contributed by atoms with Crippen LogP contribution in [0.15, 0.2) is 12.7 Å². The zero-order valence-corrected chi connectivity index (χ0v) is 12.2. The van der Waals surface area contributed by atoms with Crippen LogP contribution in [0.3, 0.4) is 0 Å². The van der Waals surface area contributed by atoms with E-state index < -0.39 is 0 Å². The van der Waals surface area contributed by atoms with Gasteiger partial charge in [0.25, 0.3) is 0 Å². The standard InChI is InChI=1S/C3H6.4C2H6.CH4.Pd/c1-3-2;4*1-2;;/h3H,1H2,2H3;4*1-2H3;1H4;. The molecular formula is C12H34Pd. The minimum atomic E-state index is 0. The molecule has 0 aromatic carbocycles. The summed E-state index contributed by atoms with van der Waals surface area (Å²) in [5.74, 6) is 0. The van der Waals surface area contributed by atoms with Crippen molar-refractivity contribution < 1.29 is 20.4 Å². The van der Waals surface area contributed by atoms with E-state index >= 15 is 0 Å². The molecule has 0 aromatic rings. The van der Waals surface area contributed by atoms with E-state index in [0.29, 0.717) is 0 Å². The fourth-order valence-corrected chi connectivity index (χ4v) is 0. The first kappa shape index (κ1) is 50.3. The molecule has 92 valence electrons. The summed E-state index contributed by atoms with van der Waals surface area (Å²) in [6.45, 7) is 21.2. The fourth-order valence-electron chi connectivity index (χ4n) is 0. The molecule has 1 heteroatoms. The van der Waals surface area contributed by atoms with Crippen LogP contribution in [0.25, 0.3) is 0 Å². The van der Waals surface area contributed by atoms with Gasteiger partial charge in [0.15, 0.2) is 0 Å². The van der Waals surface area contributed by atoms with Gasteiger partial charge in [-0.25, -0.2) is 0 Å². The van der Waals surface area contributed by atoms with Crippen molar-refractivity contribution in [2.24, 2.45) is 0 Å². The van der Waals surface area contributed by atoms with E-state index in [4.69, 9.17) is 0 Å². The Morgan fingerprint density at radius 1 is 0.692 bits per heavy atom. The van der Waals surface area contributed by atoms with E-state index in [0.717, 1.165) is 0 Å². The molecule has 0 nitrogen and oxygen atoms in total. The van der Waals surface area contributed by atoms with Crippen LogP contribution >= 0.6 is 0 Å². The molecule has 0 N–H and O–H groups in total. The molecule has 0 atom stereocenters. The summed E-state index contributed by atoms with van der Waals surface area (Å²) in [4.78, 5) is 0. The van der Waals surface area contributed by atoms with E-state index in [2.05, 4.69) is 6.58 Å². The Kier molecular flexibility index (Phi) is 3170. The van der Waals surface area contributed by atoms with Gasteiger partial charge in [0, 0.05) is 20.4 Å². The van der Waals surface area contributed by atoms with Crippen LogP contribution in [0.2, 0.25) is 0 Å². The van der Waals surface area contributed by atoms with E-state index in [9.17, 15) is 0 Å². The molecule has 0 spiro atoms. The van der Waals surface area contributed by atoms with Crippen molar-refractivity contribution in [3.63, 3.8) is 0 Å². The van der Waals surface area contributed by atoms with Gasteiger partial charge >= 0.3 is 0 Å². The second kappa shape index (κ2) is 820. The molecule has 0 unspecified atom stereocenters. The molecule has 0 amide bonds. The number of allylic oxidation sites excluding steroid dienone is 1. The van der Waals surface area contributed by atoms with Crippen molar-refractivity contribution in [2.75, 3.05) is 0 Å². The van der Waals surface area contributed by atoms with Crippen LogP contribution in [-0.2, 0) is 20.4 Å². The molecule has 0 bridgehead atoms. The number of hydrogen-bond donors (Lipinski definition) is 0. The summed E-state index contributed by atoms with van der Waals surface area (Å²) in [5.41, 5.74) is 0. The van der Waals surface area contributed by atoms with Gasteiger partial charge in [-0.3, -0.25) is 0 Å². The van der Waals surface area contributed by atoms with Crippen molar-refractivity contribution in [2.45, 2.75) is 69.7 Å². The van der Waals surface area contributed by atoms with Crippen LogP contribution < -0.4 is 0 Å². The maximum Gasteiger partial charge on any atom is 0 e. The Morgan fingerprint density at radius 3 is 0.692 bits per heavy atom. The van der Waals surface area contributed by atoms with Crippen molar-refractivity contribution >= 4 is 0 Å². The fraction of sp³-hybridized carbons (Fsp3) is 0.833. The molecule has 0 aliphatic heterocycles. The predicted octanol–water partition coefficient (Wildman–Crippen LogP) is 5.93. The van der Waals surface area contributed by atoms with Gasteiger partial charge in [0.05, 0.1) is 0 Å². The summed E-state index contributed by atoms with van der Waals surface area (Å²) < 4.78 is 0. The second-order valence-corrected chi connectivity index (χ2v) is 0.408. The van der Waals surface area contributed by atoms with Crippen molar-refractivity contribution in [3.8, 4) is 0 Å². The third-order valence-electron chi connectivity index (χ3n) is 0. The molecule has 0 fully saturated rings. The molecule has 0 aliphatic carbocycles. The molecule has 0 saturated heterocycles. The maximum absolute atomic E-state index is 3.36. The number of hydrogen-bond acceptors (Lipinski definition) is 0. The van der Waals surface area contributed by atoms with E-state index in [-0.39, 0.29) is 27.8 Å². The van der Waals surface area contributed by atoms with Gasteiger partial charge in [0.1, 0.15) is 0 Å². The Bertz CT molecular complexity index is 12.6. The summed E-state index contributed by atoms with van der Waals surface area (Å²) in [6.07, 6.45) is 1.75. The largest absolute Gasteiger partial charge is 0.103 e. The first-order chi connectivity index (χ1) is 5.41. The summed E-state index contributed by atoms with van der Waals surface area (Å²) in [6, 6.07) is 0. The first-order valence-electron chi connectivity index (χ1n) is 4.99. The molecule has 0 aliphatic rings. The van der Waals surface area contributed by atoms with Gasteiger partial charge in [-0.15, -0.1) is 6.58 Å². The van der Waals surface area contributed by atoms with Crippen LogP contribution in [0.5, 0.6) is 0 Å². The average molecular weight is 285 g/mol. The van der Waals surface area contributed by atoms with Crippen LogP contribution in [0.4, 0.5) is 0 Å². The van der Waals surface area contributed by atoms with Gasteiger partial charge in [-0.1, -0.05) is 68.9 Å². The third-order valence-corrected chi connectivity index (χ3v) is 0. The molecule has 0 aromatic heterocycles. The van der Waals surface area contributed by atoms with Crippen LogP contribution in [0, 0.1) is 0 Å². The SMILES string of the molecule is C.C=CC.CC.CC.CC.CC.[Pd]. The smallest absolute Gasteiger partial charge is 0 e. The average Bonchev–Trinajstić information content (AvgIpc) is 2.18. The van der Waals surface area contributed by atoms with Crippen LogP contribution in [-0.4, -0.2) is 0 Å². The van der Waals surface area contributed by atoms with E-state index in [1.165, 1.54) is 0 Å². The van der Waals surface area contributed by atoms with Crippen molar-refractivity contribution in [3.05, 3.63) is 12.7 Å². The van der Waals surface area contributed by atoms with Crippen LogP contribution in [0.1, 0.15) is 69.7 Å². The van der Waals surface area contributed by atoms with E-state index in [1.807, 2.05) is 62.3 Å². The minimum absolute atomic E-state index is 0. The normalized spacial score (nSPS) is 2.85. The monoisotopic (exact) mass is 284 g/mol. The number of rotatable bonds is 0. The summed E-state index contributed by atoms with van der Waals surface area (Å²) >= 11 is 0. The Morgan fingerprint density at radius 2 is 0.692 bits per heavy atom. The maximum atomic E-state index is 3.36. The topological polar surface area (TPSA) is 0 Å². The van der Waals surface area contributed by atoms with Crippen molar-refractivity contribution in [1.29, 1.82) is 0 Å².